The lowest BCUT2D eigenvalue weighted by Gasteiger charge is -2.19. The zero-order valence-corrected chi connectivity index (χ0v) is 17.0. The second-order valence-corrected chi connectivity index (χ2v) is 8.06. The molecule has 10 heteroatoms. The highest BCUT2D eigenvalue weighted by Crippen LogP contribution is 2.27. The summed E-state index contributed by atoms with van der Waals surface area (Å²) in [6.45, 7) is 4.09. The maximum Gasteiger partial charge on any atom is 0.343 e. The van der Waals surface area contributed by atoms with Crippen molar-refractivity contribution in [3.8, 4) is 5.75 Å². The van der Waals surface area contributed by atoms with E-state index in [1.54, 1.807) is 26.0 Å². The van der Waals surface area contributed by atoms with Crippen LogP contribution in [-0.2, 0) is 10.0 Å². The fourth-order valence-corrected chi connectivity index (χ4v) is 4.25. The highest BCUT2D eigenvalue weighted by atomic mass is 35.5. The third-order valence-electron chi connectivity index (χ3n) is 3.76. The smallest absolute Gasteiger partial charge is 0.343 e. The van der Waals surface area contributed by atoms with Crippen LogP contribution in [0.3, 0.4) is 0 Å². The zero-order valence-electron chi connectivity index (χ0n) is 15.4. The predicted molar refractivity (Wildman–Crippen MR) is 108 cm³/mol. The fraction of sp³-hybridized carbons (Fsp3) is 0.222. The van der Waals surface area contributed by atoms with Crippen molar-refractivity contribution in [3.05, 3.63) is 53.1 Å². The van der Waals surface area contributed by atoms with Crippen molar-refractivity contribution in [1.29, 1.82) is 0 Å². The second kappa shape index (κ2) is 9.05. The molecule has 8 nitrogen and oxygen atoms in total. The summed E-state index contributed by atoms with van der Waals surface area (Å²) in [5.41, 5.74) is 11.3. The average Bonchev–Trinajstić information content (AvgIpc) is 2.62. The van der Waals surface area contributed by atoms with Gasteiger partial charge in [-0.05, 0) is 36.4 Å². The van der Waals surface area contributed by atoms with Gasteiger partial charge in [-0.25, -0.2) is 18.2 Å². The molecule has 0 saturated heterocycles. The first-order valence-corrected chi connectivity index (χ1v) is 10.2. The molecular weight excluding hydrogens is 404 g/mol. The largest absolute Gasteiger partial charge is 0.423 e. The number of nitrogens with zero attached hydrogens (tertiary/aromatic N) is 2. The minimum absolute atomic E-state index is 0.0246. The Morgan fingerprint density at radius 1 is 1.11 bits per heavy atom. The Bertz CT molecular complexity index is 983. The molecule has 0 fully saturated rings. The number of sulfonamides is 1. The number of nitrogens with two attached hydrogens (primary N) is 2. The summed E-state index contributed by atoms with van der Waals surface area (Å²) in [6.07, 6.45) is 0. The normalized spacial score (nSPS) is 11.3. The first-order chi connectivity index (χ1) is 13.2. The van der Waals surface area contributed by atoms with Crippen LogP contribution >= 0.6 is 11.6 Å². The topological polar surface area (TPSA) is 128 Å². The third kappa shape index (κ3) is 5.22. The minimum Gasteiger partial charge on any atom is -0.423 e. The number of esters is 1. The maximum absolute atomic E-state index is 12.7. The number of ether oxygens (including phenoxy) is 1. The van der Waals surface area contributed by atoms with E-state index in [1.807, 2.05) is 0 Å². The Morgan fingerprint density at radius 3 is 2.25 bits per heavy atom. The molecule has 2 aromatic rings. The van der Waals surface area contributed by atoms with Crippen molar-refractivity contribution in [2.75, 3.05) is 13.1 Å². The number of hydrogen-bond donors (Lipinski definition) is 2. The molecule has 28 heavy (non-hydrogen) atoms. The van der Waals surface area contributed by atoms with Gasteiger partial charge in [0.1, 0.15) is 5.75 Å². The van der Waals surface area contributed by atoms with Gasteiger partial charge in [-0.2, -0.15) is 4.31 Å². The van der Waals surface area contributed by atoms with Crippen molar-refractivity contribution < 1.29 is 17.9 Å². The van der Waals surface area contributed by atoms with Crippen molar-refractivity contribution in [3.63, 3.8) is 0 Å². The summed E-state index contributed by atoms with van der Waals surface area (Å²) in [6, 6.07) is 10.0. The standard InChI is InChI=1S/C18H21ClN4O4S/c1-3-23(4-2)28(25,26)16-10-13(19)9-15(11-16)27-17(24)12-5-7-14(8-6-12)22-18(20)21/h5-11H,3-4H2,1-2H3,(H4,20,21,22). The van der Waals surface area contributed by atoms with Crippen LogP contribution in [-0.4, -0.2) is 37.7 Å². The van der Waals surface area contributed by atoms with Gasteiger partial charge in [0, 0.05) is 24.2 Å². The average molecular weight is 425 g/mol. The van der Waals surface area contributed by atoms with E-state index in [1.165, 1.54) is 34.6 Å². The van der Waals surface area contributed by atoms with Gasteiger partial charge in [-0.3, -0.25) is 0 Å². The van der Waals surface area contributed by atoms with Crippen LogP contribution in [0, 0.1) is 0 Å². The van der Waals surface area contributed by atoms with E-state index >= 15 is 0 Å². The Kier molecular flexibility index (Phi) is 7.00. The fourth-order valence-electron chi connectivity index (χ4n) is 2.44. The lowest BCUT2D eigenvalue weighted by atomic mass is 10.2. The first-order valence-electron chi connectivity index (χ1n) is 8.40. The molecule has 0 aliphatic rings. The van der Waals surface area contributed by atoms with Crippen LogP contribution in [0.4, 0.5) is 5.69 Å². The van der Waals surface area contributed by atoms with Gasteiger partial charge in [0.25, 0.3) is 0 Å². The van der Waals surface area contributed by atoms with Crippen LogP contribution < -0.4 is 16.2 Å². The highest BCUT2D eigenvalue weighted by Gasteiger charge is 2.23. The third-order valence-corrected chi connectivity index (χ3v) is 6.01. The van der Waals surface area contributed by atoms with Gasteiger partial charge in [-0.1, -0.05) is 25.4 Å². The summed E-state index contributed by atoms with van der Waals surface area (Å²) in [4.78, 5) is 16.2. The molecule has 0 radical (unpaired) electrons. The Labute approximate surface area is 168 Å². The van der Waals surface area contributed by atoms with Crippen LogP contribution in [0.2, 0.25) is 5.02 Å². The highest BCUT2D eigenvalue weighted by molar-refractivity contribution is 7.89. The molecule has 0 unspecified atom stereocenters. The number of halogens is 1. The second-order valence-electron chi connectivity index (χ2n) is 5.69. The van der Waals surface area contributed by atoms with Gasteiger partial charge >= 0.3 is 5.97 Å². The van der Waals surface area contributed by atoms with Gasteiger partial charge < -0.3 is 16.2 Å². The summed E-state index contributed by atoms with van der Waals surface area (Å²) >= 11 is 6.03. The number of carbonyl (C=O) groups is 1. The summed E-state index contributed by atoms with van der Waals surface area (Å²) in [5, 5.41) is 0.138. The van der Waals surface area contributed by atoms with Crippen LogP contribution in [0.5, 0.6) is 5.75 Å². The Hall–Kier alpha value is -2.62. The van der Waals surface area contributed by atoms with Crippen LogP contribution in [0.25, 0.3) is 0 Å². The SMILES string of the molecule is CCN(CC)S(=O)(=O)c1cc(Cl)cc(OC(=O)c2ccc(N=C(N)N)cc2)c1. The molecule has 0 amide bonds. The number of aliphatic imine (C=N–C) groups is 1. The van der Waals surface area contributed by atoms with Crippen molar-refractivity contribution in [1.82, 2.24) is 4.31 Å². The van der Waals surface area contributed by atoms with Gasteiger partial charge in [0.15, 0.2) is 5.96 Å². The molecule has 4 N–H and O–H groups in total. The quantitative estimate of drug-likeness (QED) is 0.304. The number of carbonyl (C=O) groups excluding carboxylic acids is 1. The van der Waals surface area contributed by atoms with E-state index < -0.39 is 16.0 Å². The molecule has 0 aliphatic carbocycles. The summed E-state index contributed by atoms with van der Waals surface area (Å²) < 4.78 is 31.9. The number of guanidine groups is 1. The molecule has 150 valence electrons. The molecule has 0 heterocycles. The molecule has 2 rings (SSSR count). The number of benzene rings is 2. The van der Waals surface area contributed by atoms with Gasteiger partial charge in [0.05, 0.1) is 16.1 Å². The maximum atomic E-state index is 12.7. The van der Waals surface area contributed by atoms with E-state index in [0.29, 0.717) is 18.8 Å². The van der Waals surface area contributed by atoms with Gasteiger partial charge in [0.2, 0.25) is 10.0 Å². The van der Waals surface area contributed by atoms with E-state index in [2.05, 4.69) is 4.99 Å². The first kappa shape index (κ1) is 21.7. The van der Waals surface area contributed by atoms with Crippen molar-refractivity contribution in [2.24, 2.45) is 16.5 Å². The van der Waals surface area contributed by atoms with Crippen molar-refractivity contribution >= 4 is 39.2 Å². The number of rotatable bonds is 7. The molecule has 2 aromatic carbocycles. The lowest BCUT2D eigenvalue weighted by molar-refractivity contribution is 0.0734. The van der Waals surface area contributed by atoms with Crippen molar-refractivity contribution in [2.45, 2.75) is 18.7 Å². The molecule has 0 aromatic heterocycles. The van der Waals surface area contributed by atoms with E-state index in [9.17, 15) is 13.2 Å². The molecule has 0 spiro atoms. The molecule has 0 saturated carbocycles. The molecule has 0 aliphatic heterocycles. The summed E-state index contributed by atoms with van der Waals surface area (Å²) in [5.74, 6) is -0.752. The predicted octanol–water partition coefficient (Wildman–Crippen LogP) is 2.49. The van der Waals surface area contributed by atoms with E-state index in [4.69, 9.17) is 27.8 Å². The Morgan fingerprint density at radius 2 is 1.71 bits per heavy atom. The monoisotopic (exact) mass is 424 g/mol. The zero-order chi connectivity index (χ0) is 20.9. The van der Waals surface area contributed by atoms with Crippen LogP contribution in [0.1, 0.15) is 24.2 Å². The number of hydrogen-bond acceptors (Lipinski definition) is 5. The molecular formula is C18H21ClN4O4S. The molecule has 0 atom stereocenters. The van der Waals surface area contributed by atoms with E-state index in [-0.39, 0.29) is 27.2 Å². The van der Waals surface area contributed by atoms with Gasteiger partial charge in [-0.15, -0.1) is 0 Å². The minimum atomic E-state index is -3.74. The molecule has 0 bridgehead atoms. The summed E-state index contributed by atoms with van der Waals surface area (Å²) in [7, 11) is -3.74. The van der Waals surface area contributed by atoms with E-state index in [0.717, 1.165) is 0 Å². The Balaban J connectivity index is 2.28. The van der Waals surface area contributed by atoms with Crippen LogP contribution in [0.15, 0.2) is 52.4 Å². The lowest BCUT2D eigenvalue weighted by Crippen LogP contribution is -2.30.